The number of hydrogen-bond donors (Lipinski definition) is 3. The first kappa shape index (κ1) is 19.6. The van der Waals surface area contributed by atoms with Crippen LogP contribution in [0.1, 0.15) is 0 Å². The van der Waals surface area contributed by atoms with Crippen molar-refractivity contribution >= 4 is 34.6 Å². The van der Waals surface area contributed by atoms with Gasteiger partial charge in [0.2, 0.25) is 17.6 Å². The van der Waals surface area contributed by atoms with E-state index in [1.54, 1.807) is 24.3 Å². The van der Waals surface area contributed by atoms with Crippen molar-refractivity contribution in [1.29, 1.82) is 0 Å². The van der Waals surface area contributed by atoms with Gasteiger partial charge in [-0.05, 0) is 24.3 Å². The molecule has 3 aromatic rings. The first-order chi connectivity index (χ1) is 13.9. The molecule has 0 fully saturated rings. The smallest absolute Gasteiger partial charge is 0.353 e. The molecule has 2 aromatic carbocycles. The maximum atomic E-state index is 13.9. The molecule has 0 aliphatic rings. The fraction of sp³-hybridized carbons (Fsp3) is 0.111. The molecule has 0 atom stereocenters. The van der Waals surface area contributed by atoms with Gasteiger partial charge < -0.3 is 25.8 Å². The number of benzene rings is 2. The Kier molecular flexibility index (Phi) is 5.58. The van der Waals surface area contributed by atoms with E-state index in [9.17, 15) is 14.5 Å². The largest absolute Gasteiger partial charge is 0.497 e. The van der Waals surface area contributed by atoms with E-state index < -0.39 is 22.2 Å². The molecule has 0 aliphatic carbocycles. The maximum Gasteiger partial charge on any atom is 0.353 e. The van der Waals surface area contributed by atoms with Crippen LogP contribution in [0.2, 0.25) is 0 Å². The number of para-hydroxylation sites is 1. The molecule has 11 heteroatoms. The van der Waals surface area contributed by atoms with E-state index in [0.29, 0.717) is 17.2 Å². The second-order valence-electron chi connectivity index (χ2n) is 5.68. The molecule has 150 valence electrons. The highest BCUT2D eigenvalue weighted by Gasteiger charge is 2.24. The Bertz CT molecular complexity index is 1060. The third kappa shape index (κ3) is 4.24. The number of hydrogen-bond acceptors (Lipinski definition) is 9. The number of aromatic nitrogens is 2. The van der Waals surface area contributed by atoms with Crippen LogP contribution < -0.4 is 25.8 Å². The highest BCUT2D eigenvalue weighted by atomic mass is 19.1. The third-order valence-corrected chi connectivity index (χ3v) is 3.87. The van der Waals surface area contributed by atoms with E-state index in [1.807, 2.05) is 0 Å². The minimum atomic E-state index is -0.711. The van der Waals surface area contributed by atoms with Crippen LogP contribution in [0.3, 0.4) is 0 Å². The van der Waals surface area contributed by atoms with E-state index >= 15 is 0 Å². The summed E-state index contributed by atoms with van der Waals surface area (Å²) in [5, 5.41) is 17.0. The van der Waals surface area contributed by atoms with Crippen molar-refractivity contribution in [1.82, 2.24) is 9.97 Å². The summed E-state index contributed by atoms with van der Waals surface area (Å²) in [6.07, 6.45) is 0. The lowest BCUT2D eigenvalue weighted by Gasteiger charge is -2.14. The first-order valence-electron chi connectivity index (χ1n) is 8.25. The third-order valence-electron chi connectivity index (χ3n) is 3.87. The van der Waals surface area contributed by atoms with Crippen molar-refractivity contribution in [3.8, 4) is 11.5 Å². The number of rotatable bonds is 7. The van der Waals surface area contributed by atoms with Gasteiger partial charge in [-0.15, -0.1) is 0 Å². The first-order valence-corrected chi connectivity index (χ1v) is 8.25. The van der Waals surface area contributed by atoms with E-state index in [0.717, 1.165) is 0 Å². The van der Waals surface area contributed by atoms with Gasteiger partial charge in [-0.2, -0.15) is 9.97 Å². The standard InChI is InChI=1S/C18H17FN6O4/c1-28-10-7-8-14(29-2)13(9-10)21-17-15(25(26)27)16(20)23-18(24-17)22-12-6-4-3-5-11(12)19/h3-9H,1-2H3,(H4,20,21,22,23,24). The minimum absolute atomic E-state index is 0.0886. The highest BCUT2D eigenvalue weighted by Crippen LogP contribution is 2.36. The van der Waals surface area contributed by atoms with Crippen LogP contribution in [0.5, 0.6) is 11.5 Å². The number of anilines is 5. The van der Waals surface area contributed by atoms with Crippen molar-refractivity contribution in [2.24, 2.45) is 0 Å². The summed E-state index contributed by atoms with van der Waals surface area (Å²) in [4.78, 5) is 18.8. The van der Waals surface area contributed by atoms with Crippen LogP contribution in [0.4, 0.5) is 39.0 Å². The molecule has 0 saturated heterocycles. The molecule has 1 heterocycles. The molecule has 0 aliphatic heterocycles. The molecule has 3 rings (SSSR count). The predicted molar refractivity (Wildman–Crippen MR) is 106 cm³/mol. The lowest BCUT2D eigenvalue weighted by atomic mass is 10.2. The van der Waals surface area contributed by atoms with Crippen molar-refractivity contribution in [3.63, 3.8) is 0 Å². The van der Waals surface area contributed by atoms with Gasteiger partial charge in [0.15, 0.2) is 0 Å². The summed E-state index contributed by atoms with van der Waals surface area (Å²) in [5.74, 6) is -0.385. The minimum Gasteiger partial charge on any atom is -0.497 e. The Morgan fingerprint density at radius 3 is 2.48 bits per heavy atom. The van der Waals surface area contributed by atoms with Gasteiger partial charge in [-0.3, -0.25) is 10.1 Å². The van der Waals surface area contributed by atoms with Crippen molar-refractivity contribution in [2.75, 3.05) is 30.6 Å². The average molecular weight is 400 g/mol. The molecule has 4 N–H and O–H groups in total. The van der Waals surface area contributed by atoms with Gasteiger partial charge in [0.05, 0.1) is 30.5 Å². The number of halogens is 1. The van der Waals surface area contributed by atoms with Gasteiger partial charge in [0.25, 0.3) is 0 Å². The summed E-state index contributed by atoms with van der Waals surface area (Å²) >= 11 is 0. The van der Waals surface area contributed by atoms with E-state index in [1.165, 1.54) is 32.4 Å². The second-order valence-corrected chi connectivity index (χ2v) is 5.68. The maximum absolute atomic E-state index is 13.9. The topological polar surface area (TPSA) is 137 Å². The Labute approximate surface area is 164 Å². The molecule has 0 spiro atoms. The number of nitrogen functional groups attached to an aromatic ring is 1. The van der Waals surface area contributed by atoms with Gasteiger partial charge >= 0.3 is 5.69 Å². The Morgan fingerprint density at radius 2 is 1.83 bits per heavy atom. The van der Waals surface area contributed by atoms with Crippen molar-refractivity contribution < 1.29 is 18.8 Å². The zero-order valence-corrected chi connectivity index (χ0v) is 15.5. The van der Waals surface area contributed by atoms with Crippen LogP contribution in [0.25, 0.3) is 0 Å². The highest BCUT2D eigenvalue weighted by molar-refractivity contribution is 5.77. The Balaban J connectivity index is 2.06. The fourth-order valence-electron chi connectivity index (χ4n) is 2.52. The number of methoxy groups -OCH3 is 2. The molecule has 0 bridgehead atoms. The van der Waals surface area contributed by atoms with Crippen LogP contribution >= 0.6 is 0 Å². The number of nitro groups is 1. The van der Waals surface area contributed by atoms with Crippen LogP contribution in [0.15, 0.2) is 42.5 Å². The zero-order valence-electron chi connectivity index (χ0n) is 15.5. The van der Waals surface area contributed by atoms with Crippen LogP contribution in [-0.2, 0) is 0 Å². The average Bonchev–Trinajstić information content (AvgIpc) is 2.69. The Morgan fingerprint density at radius 1 is 1.07 bits per heavy atom. The quantitative estimate of drug-likeness (QED) is 0.401. The predicted octanol–water partition coefficient (Wildman–Crippen LogP) is 3.61. The van der Waals surface area contributed by atoms with E-state index in [4.69, 9.17) is 15.2 Å². The van der Waals surface area contributed by atoms with Gasteiger partial charge in [0.1, 0.15) is 17.3 Å². The number of nitrogens with zero attached hydrogens (tertiary/aromatic N) is 3. The summed E-state index contributed by atoms with van der Waals surface area (Å²) in [5.41, 5.74) is 5.68. The number of nitrogens with two attached hydrogens (primary N) is 1. The molecule has 10 nitrogen and oxygen atoms in total. The summed E-state index contributed by atoms with van der Waals surface area (Å²) in [6, 6.07) is 10.7. The SMILES string of the molecule is COc1ccc(OC)c(Nc2nc(Nc3ccccc3F)nc(N)c2[N+](=O)[O-])c1. The molecular weight excluding hydrogens is 383 g/mol. The monoisotopic (exact) mass is 400 g/mol. The number of nitrogens with one attached hydrogen (secondary N) is 2. The normalized spacial score (nSPS) is 10.3. The lowest BCUT2D eigenvalue weighted by molar-refractivity contribution is -0.383. The molecule has 1 aromatic heterocycles. The van der Waals surface area contributed by atoms with Crippen molar-refractivity contribution in [2.45, 2.75) is 0 Å². The van der Waals surface area contributed by atoms with Crippen LogP contribution in [0, 0.1) is 15.9 Å². The molecule has 0 amide bonds. The van der Waals surface area contributed by atoms with E-state index in [-0.39, 0.29) is 17.5 Å². The van der Waals surface area contributed by atoms with Crippen LogP contribution in [-0.4, -0.2) is 29.1 Å². The number of ether oxygens (including phenoxy) is 2. The molecule has 29 heavy (non-hydrogen) atoms. The summed E-state index contributed by atoms with van der Waals surface area (Å²) in [7, 11) is 2.92. The zero-order chi connectivity index (χ0) is 21.0. The molecule has 0 radical (unpaired) electrons. The summed E-state index contributed by atoms with van der Waals surface area (Å²) < 4.78 is 24.3. The van der Waals surface area contributed by atoms with Gasteiger partial charge in [-0.1, -0.05) is 12.1 Å². The van der Waals surface area contributed by atoms with Crippen molar-refractivity contribution in [3.05, 3.63) is 58.4 Å². The van der Waals surface area contributed by atoms with Gasteiger partial charge in [0, 0.05) is 6.07 Å². The Hall–Kier alpha value is -4.15. The van der Waals surface area contributed by atoms with Gasteiger partial charge in [-0.25, -0.2) is 4.39 Å². The summed E-state index contributed by atoms with van der Waals surface area (Å²) in [6.45, 7) is 0. The second kappa shape index (κ2) is 8.25. The van der Waals surface area contributed by atoms with E-state index in [2.05, 4.69) is 20.6 Å². The molecule has 0 unspecified atom stereocenters. The molecule has 0 saturated carbocycles. The molecular formula is C18H17FN6O4. The lowest BCUT2D eigenvalue weighted by Crippen LogP contribution is -2.09. The fourth-order valence-corrected chi connectivity index (χ4v) is 2.52.